The van der Waals surface area contributed by atoms with Gasteiger partial charge >= 0.3 is 6.18 Å². The van der Waals surface area contributed by atoms with Crippen LogP contribution in [0.5, 0.6) is 0 Å². The van der Waals surface area contributed by atoms with Gasteiger partial charge in [0.25, 0.3) is 5.91 Å². The topological polar surface area (TPSA) is 32.3 Å². The van der Waals surface area contributed by atoms with Gasteiger partial charge in [-0.3, -0.25) is 9.69 Å². The molecule has 0 saturated carbocycles. The number of nitrogens with one attached hydrogen (secondary N) is 1. The standard InChI is InChI=1S/C19H21F3N2OS.ClH/c1-18(2)16(11-6-8-24(18)9-7-11)23-17(25)14-10-12-4-3-5-13(15(12)26-14)19(20,21)22;/h3-5,10-11,16H,6-9H2,1-2H3,(H,23,25);1H/t16-;/m0./s1. The molecule has 0 radical (unpaired) electrons. The summed E-state index contributed by atoms with van der Waals surface area (Å²) in [6.45, 7) is 6.36. The molecule has 0 unspecified atom stereocenters. The van der Waals surface area contributed by atoms with Crippen LogP contribution in [0.15, 0.2) is 24.3 Å². The highest BCUT2D eigenvalue weighted by Gasteiger charge is 2.48. The molecule has 8 heteroatoms. The van der Waals surface area contributed by atoms with E-state index in [4.69, 9.17) is 0 Å². The fourth-order valence-electron chi connectivity index (χ4n) is 4.49. The van der Waals surface area contributed by atoms with Gasteiger partial charge in [0, 0.05) is 16.3 Å². The van der Waals surface area contributed by atoms with Gasteiger partial charge in [-0.1, -0.05) is 12.1 Å². The number of fused-ring (bicyclic) bond motifs is 4. The third-order valence-electron chi connectivity index (χ3n) is 5.95. The largest absolute Gasteiger partial charge is 0.417 e. The molecule has 3 aliphatic heterocycles. The Morgan fingerprint density at radius 2 is 1.93 bits per heavy atom. The highest BCUT2D eigenvalue weighted by Crippen LogP contribution is 2.41. The number of halogens is 4. The van der Waals surface area contributed by atoms with Gasteiger partial charge in [0.05, 0.1) is 10.4 Å². The van der Waals surface area contributed by atoms with E-state index in [1.165, 1.54) is 6.07 Å². The summed E-state index contributed by atoms with van der Waals surface area (Å²) in [5, 5.41) is 3.59. The number of hydrogen-bond acceptors (Lipinski definition) is 3. The molecule has 3 saturated heterocycles. The Morgan fingerprint density at radius 1 is 1.26 bits per heavy atom. The lowest BCUT2D eigenvalue weighted by Gasteiger charge is -2.56. The second-order valence-electron chi connectivity index (χ2n) is 7.76. The molecule has 3 nitrogen and oxygen atoms in total. The molecule has 4 heterocycles. The predicted molar refractivity (Wildman–Crippen MR) is 104 cm³/mol. The van der Waals surface area contributed by atoms with E-state index in [1.807, 2.05) is 0 Å². The van der Waals surface area contributed by atoms with Crippen molar-refractivity contribution in [3.8, 4) is 0 Å². The summed E-state index contributed by atoms with van der Waals surface area (Å²) in [5.41, 5.74) is -0.813. The minimum absolute atomic E-state index is 0. The minimum atomic E-state index is -4.42. The Kier molecular flexibility index (Phi) is 5.25. The number of thiophene rings is 1. The highest BCUT2D eigenvalue weighted by molar-refractivity contribution is 7.21. The lowest BCUT2D eigenvalue weighted by Crippen LogP contribution is -2.69. The fourth-order valence-corrected chi connectivity index (χ4v) is 5.58. The number of benzene rings is 1. The van der Waals surface area contributed by atoms with Crippen molar-refractivity contribution in [2.75, 3.05) is 13.1 Å². The number of amides is 1. The third-order valence-corrected chi connectivity index (χ3v) is 7.13. The van der Waals surface area contributed by atoms with Crippen LogP contribution in [0.3, 0.4) is 0 Å². The van der Waals surface area contributed by atoms with Gasteiger partial charge in [0.1, 0.15) is 0 Å². The van der Waals surface area contributed by atoms with Crippen molar-refractivity contribution in [1.29, 1.82) is 0 Å². The first kappa shape index (κ1) is 20.4. The Morgan fingerprint density at radius 3 is 2.52 bits per heavy atom. The molecule has 2 bridgehead atoms. The van der Waals surface area contributed by atoms with E-state index in [0.29, 0.717) is 16.2 Å². The Bertz CT molecular complexity index is 856. The van der Waals surface area contributed by atoms with E-state index in [0.717, 1.165) is 43.3 Å². The molecule has 1 atom stereocenters. The maximum absolute atomic E-state index is 13.2. The number of carbonyl (C=O) groups excluding carboxylic acids is 1. The number of carbonyl (C=O) groups is 1. The average molecular weight is 419 g/mol. The molecule has 2 aromatic rings. The molecule has 3 fully saturated rings. The van der Waals surface area contributed by atoms with Gasteiger partial charge < -0.3 is 5.32 Å². The van der Waals surface area contributed by atoms with E-state index in [9.17, 15) is 18.0 Å². The smallest absolute Gasteiger partial charge is 0.346 e. The first-order valence-electron chi connectivity index (χ1n) is 8.83. The van der Waals surface area contributed by atoms with Crippen LogP contribution in [0, 0.1) is 5.92 Å². The van der Waals surface area contributed by atoms with Crippen LogP contribution in [0.4, 0.5) is 13.2 Å². The molecule has 1 aromatic carbocycles. The number of rotatable bonds is 2. The number of alkyl halides is 3. The summed E-state index contributed by atoms with van der Waals surface area (Å²) >= 11 is 0.922. The maximum Gasteiger partial charge on any atom is 0.417 e. The number of hydrogen-bond donors (Lipinski definition) is 1. The zero-order valence-corrected chi connectivity index (χ0v) is 16.7. The van der Waals surface area contributed by atoms with Crippen LogP contribution in [-0.2, 0) is 6.18 Å². The lowest BCUT2D eigenvalue weighted by atomic mass is 9.72. The highest BCUT2D eigenvalue weighted by atomic mass is 35.5. The van der Waals surface area contributed by atoms with Crippen molar-refractivity contribution in [1.82, 2.24) is 10.2 Å². The lowest BCUT2D eigenvalue weighted by molar-refractivity contribution is -0.136. The second-order valence-corrected chi connectivity index (χ2v) is 8.81. The van der Waals surface area contributed by atoms with Gasteiger partial charge in [0.2, 0.25) is 0 Å². The monoisotopic (exact) mass is 418 g/mol. The number of nitrogens with zero attached hydrogens (tertiary/aromatic N) is 1. The molecule has 5 rings (SSSR count). The maximum atomic E-state index is 13.2. The van der Waals surface area contributed by atoms with Crippen LogP contribution >= 0.6 is 23.7 Å². The van der Waals surface area contributed by atoms with E-state index < -0.39 is 11.7 Å². The van der Waals surface area contributed by atoms with E-state index >= 15 is 0 Å². The van der Waals surface area contributed by atoms with Crippen molar-refractivity contribution in [2.24, 2.45) is 5.92 Å². The minimum Gasteiger partial charge on any atom is -0.346 e. The summed E-state index contributed by atoms with van der Waals surface area (Å²) in [7, 11) is 0. The van der Waals surface area contributed by atoms with Crippen molar-refractivity contribution in [3.05, 3.63) is 34.7 Å². The second kappa shape index (κ2) is 6.94. The van der Waals surface area contributed by atoms with Crippen LogP contribution in [0.1, 0.15) is 41.9 Å². The van der Waals surface area contributed by atoms with Crippen molar-refractivity contribution in [3.63, 3.8) is 0 Å². The van der Waals surface area contributed by atoms with Gasteiger partial charge in [0.15, 0.2) is 0 Å². The van der Waals surface area contributed by atoms with Gasteiger partial charge in [-0.05, 0) is 63.2 Å². The van der Waals surface area contributed by atoms with Crippen molar-refractivity contribution < 1.29 is 18.0 Å². The zero-order valence-electron chi connectivity index (χ0n) is 15.1. The SMILES string of the molecule is CC1(C)[C@@H](NC(=O)c2cc3cccc(C(F)(F)F)c3s2)C2CCN1CC2.Cl. The van der Waals surface area contributed by atoms with Crippen LogP contribution in [-0.4, -0.2) is 35.5 Å². The first-order valence-corrected chi connectivity index (χ1v) is 9.65. The van der Waals surface area contributed by atoms with Crippen molar-refractivity contribution >= 4 is 39.7 Å². The Labute approximate surface area is 166 Å². The summed E-state index contributed by atoms with van der Waals surface area (Å²) in [6.07, 6.45) is -2.31. The van der Waals surface area contributed by atoms with Gasteiger partial charge in [-0.25, -0.2) is 0 Å². The van der Waals surface area contributed by atoms with Crippen molar-refractivity contribution in [2.45, 2.75) is 44.4 Å². The Hall–Kier alpha value is -1.31. The zero-order chi connectivity index (χ0) is 18.7. The van der Waals surface area contributed by atoms with E-state index in [1.54, 1.807) is 12.1 Å². The molecule has 0 aliphatic carbocycles. The quantitative estimate of drug-likeness (QED) is 0.748. The number of piperidine rings is 3. The summed E-state index contributed by atoms with van der Waals surface area (Å²) in [6, 6.07) is 5.66. The van der Waals surface area contributed by atoms with Gasteiger partial charge in [-0.15, -0.1) is 23.7 Å². The van der Waals surface area contributed by atoms with E-state index in [2.05, 4.69) is 24.1 Å². The molecule has 1 amide bonds. The molecule has 1 aromatic heterocycles. The third kappa shape index (κ3) is 3.45. The van der Waals surface area contributed by atoms with E-state index in [-0.39, 0.29) is 34.6 Å². The molecular weight excluding hydrogens is 397 g/mol. The fraction of sp³-hybridized carbons (Fsp3) is 0.526. The summed E-state index contributed by atoms with van der Waals surface area (Å²) in [5.74, 6) is 0.158. The molecule has 0 spiro atoms. The summed E-state index contributed by atoms with van der Waals surface area (Å²) < 4.78 is 39.7. The molecular formula is C19H22ClF3N2OS. The Balaban J connectivity index is 0.00000210. The normalized spacial score (nSPS) is 26.6. The van der Waals surface area contributed by atoms with Crippen LogP contribution in [0.25, 0.3) is 10.1 Å². The molecule has 27 heavy (non-hydrogen) atoms. The molecule has 1 N–H and O–H groups in total. The summed E-state index contributed by atoms with van der Waals surface area (Å²) in [4.78, 5) is 15.5. The molecule has 3 aliphatic rings. The molecule has 148 valence electrons. The predicted octanol–water partition coefficient (Wildman–Crippen LogP) is 4.94. The van der Waals surface area contributed by atoms with Crippen LogP contribution in [0.2, 0.25) is 0 Å². The average Bonchev–Trinajstić information content (AvgIpc) is 3.01. The first-order chi connectivity index (χ1) is 12.2. The van der Waals surface area contributed by atoms with Crippen LogP contribution < -0.4 is 5.32 Å². The van der Waals surface area contributed by atoms with Gasteiger partial charge in [-0.2, -0.15) is 13.2 Å².